The van der Waals surface area contributed by atoms with Gasteiger partial charge in [0, 0.05) is 11.9 Å². The van der Waals surface area contributed by atoms with E-state index in [0.717, 1.165) is 10.1 Å². The van der Waals surface area contributed by atoms with Crippen LogP contribution in [0.2, 0.25) is 0 Å². The minimum atomic E-state index is -0.667. The Hall–Kier alpha value is -2.70. The lowest BCUT2D eigenvalue weighted by atomic mass is 10.1. The second kappa shape index (κ2) is 7.04. The summed E-state index contributed by atoms with van der Waals surface area (Å²) in [6, 6.07) is 6.46. The van der Waals surface area contributed by atoms with Crippen LogP contribution in [0, 0.1) is 6.92 Å². The van der Waals surface area contributed by atoms with E-state index < -0.39 is 11.9 Å². The molecule has 1 atom stereocenters. The Labute approximate surface area is 133 Å². The molecule has 0 aliphatic rings. The van der Waals surface area contributed by atoms with Crippen molar-refractivity contribution >= 4 is 22.6 Å². The van der Waals surface area contributed by atoms with E-state index in [0.29, 0.717) is 17.6 Å². The molecule has 122 valence electrons. The highest BCUT2D eigenvalue weighted by atomic mass is 16.2. The summed E-state index contributed by atoms with van der Waals surface area (Å²) < 4.78 is 1.12. The molecule has 2 amide bonds. The number of carbonyl (C=O) groups is 2. The number of carbonyl (C=O) groups excluding carboxylic acids is 2. The zero-order valence-corrected chi connectivity index (χ0v) is 13.4. The van der Waals surface area contributed by atoms with Crippen molar-refractivity contribution < 1.29 is 9.59 Å². The van der Waals surface area contributed by atoms with Crippen molar-refractivity contribution in [2.45, 2.75) is 33.4 Å². The lowest BCUT2D eigenvalue weighted by Crippen LogP contribution is -2.46. The topological polar surface area (TPSA) is 93.1 Å². The molecular formula is C16H20N4O3. The molecule has 0 saturated heterocycles. The number of nitrogens with one attached hydrogen (secondary N) is 2. The van der Waals surface area contributed by atoms with Crippen molar-refractivity contribution in [2.24, 2.45) is 0 Å². The van der Waals surface area contributed by atoms with Crippen LogP contribution in [0.15, 0.2) is 29.1 Å². The summed E-state index contributed by atoms with van der Waals surface area (Å²) in [6.07, 6.45) is 0. The third kappa shape index (κ3) is 3.74. The molecule has 0 saturated carbocycles. The van der Waals surface area contributed by atoms with Gasteiger partial charge in [-0.25, -0.2) is 4.68 Å². The molecular weight excluding hydrogens is 296 g/mol. The summed E-state index contributed by atoms with van der Waals surface area (Å²) in [5, 5.41) is 10.6. The molecule has 23 heavy (non-hydrogen) atoms. The Morgan fingerprint density at radius 3 is 2.57 bits per heavy atom. The van der Waals surface area contributed by atoms with Crippen molar-refractivity contribution in [3.8, 4) is 0 Å². The molecule has 1 heterocycles. The standard InChI is InChI=1S/C16H20N4O3/c1-4-17-15(22)11(3)18-14(21)9-20-16(23)13-8-6-5-7-12(13)10(2)19-20/h5-8,11H,4,9H2,1-3H3,(H,17,22)(H,18,21). The van der Waals surface area contributed by atoms with E-state index >= 15 is 0 Å². The number of fused-ring (bicyclic) bond motifs is 1. The SMILES string of the molecule is CCNC(=O)C(C)NC(=O)Cn1nc(C)c2ccccc2c1=O. The molecule has 0 fully saturated rings. The van der Waals surface area contributed by atoms with Crippen LogP contribution in [0.4, 0.5) is 0 Å². The lowest BCUT2D eigenvalue weighted by molar-refractivity contribution is -0.128. The molecule has 2 N–H and O–H groups in total. The molecule has 7 nitrogen and oxygen atoms in total. The summed E-state index contributed by atoms with van der Waals surface area (Å²) in [5.74, 6) is -0.705. The van der Waals surface area contributed by atoms with Gasteiger partial charge in [0.1, 0.15) is 12.6 Å². The second-order valence-electron chi connectivity index (χ2n) is 5.28. The number of hydrogen-bond donors (Lipinski definition) is 2. The van der Waals surface area contributed by atoms with Gasteiger partial charge < -0.3 is 10.6 Å². The van der Waals surface area contributed by atoms with E-state index in [9.17, 15) is 14.4 Å². The monoisotopic (exact) mass is 316 g/mol. The fourth-order valence-electron chi connectivity index (χ4n) is 2.33. The maximum atomic E-state index is 12.4. The van der Waals surface area contributed by atoms with Crippen LogP contribution in [-0.2, 0) is 16.1 Å². The van der Waals surface area contributed by atoms with Gasteiger partial charge >= 0.3 is 0 Å². The van der Waals surface area contributed by atoms with Crippen molar-refractivity contribution in [1.82, 2.24) is 20.4 Å². The van der Waals surface area contributed by atoms with Crippen LogP contribution in [-0.4, -0.2) is 34.2 Å². The highest BCUT2D eigenvalue weighted by Crippen LogP contribution is 2.11. The Bertz CT molecular complexity index is 798. The summed E-state index contributed by atoms with van der Waals surface area (Å²) >= 11 is 0. The van der Waals surface area contributed by atoms with E-state index in [-0.39, 0.29) is 18.0 Å². The number of aromatic nitrogens is 2. The van der Waals surface area contributed by atoms with Crippen LogP contribution >= 0.6 is 0 Å². The Balaban J connectivity index is 2.19. The quantitative estimate of drug-likeness (QED) is 0.832. The Morgan fingerprint density at radius 1 is 1.26 bits per heavy atom. The number of aryl methyl sites for hydroxylation is 1. The van der Waals surface area contributed by atoms with Gasteiger partial charge in [-0.05, 0) is 26.8 Å². The van der Waals surface area contributed by atoms with Crippen LogP contribution < -0.4 is 16.2 Å². The van der Waals surface area contributed by atoms with Crippen molar-refractivity contribution in [3.05, 3.63) is 40.3 Å². The van der Waals surface area contributed by atoms with Crippen molar-refractivity contribution in [1.29, 1.82) is 0 Å². The smallest absolute Gasteiger partial charge is 0.275 e. The number of hydrogen-bond acceptors (Lipinski definition) is 4. The summed E-state index contributed by atoms with van der Waals surface area (Å²) in [7, 11) is 0. The number of nitrogens with zero attached hydrogens (tertiary/aromatic N) is 2. The second-order valence-corrected chi connectivity index (χ2v) is 5.28. The molecule has 7 heteroatoms. The third-order valence-corrected chi connectivity index (χ3v) is 3.47. The summed E-state index contributed by atoms with van der Waals surface area (Å²) in [4.78, 5) is 36.0. The van der Waals surface area contributed by atoms with E-state index in [1.54, 1.807) is 32.9 Å². The molecule has 0 aliphatic carbocycles. The molecule has 2 rings (SSSR count). The minimum absolute atomic E-state index is 0.228. The van der Waals surface area contributed by atoms with Gasteiger partial charge in [0.2, 0.25) is 11.8 Å². The fourth-order valence-corrected chi connectivity index (χ4v) is 2.33. The van der Waals surface area contributed by atoms with Gasteiger partial charge in [-0.3, -0.25) is 14.4 Å². The normalized spacial score (nSPS) is 12.0. The predicted molar refractivity (Wildman–Crippen MR) is 87.0 cm³/mol. The van der Waals surface area contributed by atoms with E-state index in [4.69, 9.17) is 0 Å². The molecule has 2 aromatic rings. The van der Waals surface area contributed by atoms with E-state index in [2.05, 4.69) is 15.7 Å². The highest BCUT2D eigenvalue weighted by molar-refractivity contribution is 5.87. The molecule has 1 unspecified atom stereocenters. The predicted octanol–water partition coefficient (Wildman–Crippen LogP) is 0.346. The van der Waals surface area contributed by atoms with Crippen LogP contribution in [0.5, 0.6) is 0 Å². The fraction of sp³-hybridized carbons (Fsp3) is 0.375. The number of benzene rings is 1. The lowest BCUT2D eigenvalue weighted by Gasteiger charge is -2.14. The molecule has 0 bridgehead atoms. The van der Waals surface area contributed by atoms with Gasteiger partial charge in [0.25, 0.3) is 5.56 Å². The van der Waals surface area contributed by atoms with Gasteiger partial charge in [0.15, 0.2) is 0 Å². The van der Waals surface area contributed by atoms with Crippen molar-refractivity contribution in [2.75, 3.05) is 6.54 Å². The zero-order chi connectivity index (χ0) is 17.0. The average molecular weight is 316 g/mol. The Kier molecular flexibility index (Phi) is 5.10. The largest absolute Gasteiger partial charge is 0.355 e. The summed E-state index contributed by atoms with van der Waals surface area (Å²) in [6.45, 7) is 5.43. The van der Waals surface area contributed by atoms with Crippen LogP contribution in [0.1, 0.15) is 19.5 Å². The first-order chi connectivity index (χ1) is 10.9. The number of rotatable bonds is 5. The zero-order valence-electron chi connectivity index (χ0n) is 13.4. The van der Waals surface area contributed by atoms with E-state index in [1.807, 2.05) is 12.1 Å². The molecule has 1 aromatic heterocycles. The van der Waals surface area contributed by atoms with Gasteiger partial charge in [-0.15, -0.1) is 0 Å². The van der Waals surface area contributed by atoms with E-state index in [1.165, 1.54) is 0 Å². The first kappa shape index (κ1) is 16.7. The number of likely N-dealkylation sites (N-methyl/N-ethyl adjacent to an activating group) is 1. The summed E-state index contributed by atoms with van der Waals surface area (Å²) in [5.41, 5.74) is 0.344. The first-order valence-electron chi connectivity index (χ1n) is 7.47. The highest BCUT2D eigenvalue weighted by Gasteiger charge is 2.16. The molecule has 1 aromatic carbocycles. The van der Waals surface area contributed by atoms with Crippen LogP contribution in [0.3, 0.4) is 0 Å². The first-order valence-corrected chi connectivity index (χ1v) is 7.47. The average Bonchev–Trinajstić information content (AvgIpc) is 2.52. The third-order valence-electron chi connectivity index (χ3n) is 3.47. The minimum Gasteiger partial charge on any atom is -0.355 e. The van der Waals surface area contributed by atoms with Gasteiger partial charge in [0.05, 0.1) is 11.1 Å². The van der Waals surface area contributed by atoms with Crippen molar-refractivity contribution in [3.63, 3.8) is 0 Å². The molecule has 0 radical (unpaired) electrons. The maximum absolute atomic E-state index is 12.4. The van der Waals surface area contributed by atoms with Crippen LogP contribution in [0.25, 0.3) is 10.8 Å². The molecule has 0 spiro atoms. The van der Waals surface area contributed by atoms with Gasteiger partial charge in [-0.2, -0.15) is 5.10 Å². The maximum Gasteiger partial charge on any atom is 0.275 e. The van der Waals surface area contributed by atoms with Gasteiger partial charge in [-0.1, -0.05) is 18.2 Å². The Morgan fingerprint density at radius 2 is 1.91 bits per heavy atom. The number of amides is 2. The molecule has 0 aliphatic heterocycles.